The molecule has 0 saturated heterocycles. The number of aliphatic hydroxyl groups is 1. The maximum absolute atomic E-state index is 10.5. The van der Waals surface area contributed by atoms with Crippen molar-refractivity contribution in [1.29, 1.82) is 42.1 Å². The zero-order chi connectivity index (χ0) is 34.4. The second-order valence-electron chi connectivity index (χ2n) is 8.23. The molecule has 0 bridgehead atoms. The fourth-order valence-electron chi connectivity index (χ4n) is 3.96. The van der Waals surface area contributed by atoms with Gasteiger partial charge in [0.25, 0.3) is 0 Å². The normalized spacial score (nSPS) is 15.5. The first-order chi connectivity index (χ1) is 22.7. The predicted molar refractivity (Wildman–Crippen MR) is 143 cm³/mol. The van der Waals surface area contributed by atoms with E-state index in [2.05, 4.69) is 44.5 Å². The molecule has 0 spiro atoms. The Morgan fingerprint density at radius 2 is 0.915 bits per heavy atom. The van der Waals surface area contributed by atoms with Gasteiger partial charge in [-0.3, -0.25) is 0 Å². The summed E-state index contributed by atoms with van der Waals surface area (Å²) in [6.45, 7) is 22.1. The SMILES string of the molecule is [C-]#[N+]C(=C(C#N)C#N)/C(C#N)=C1/N=c2c(c3c(c4c2=N/C(=C(/[N+]#[C-])C(C#N)=C(C#N)C#N)N=4)=N/C(=C(C#N)\C(O)=C(/C#N)[N+]#[C-])N=3)=N1. The lowest BCUT2D eigenvalue weighted by atomic mass is 10.1. The molecular formula is C29HN17O. The Labute approximate surface area is 260 Å². The van der Waals surface area contributed by atoms with Crippen LogP contribution in [0.5, 0.6) is 0 Å². The van der Waals surface area contributed by atoms with Crippen LogP contribution < -0.4 is 32.1 Å². The Morgan fingerprint density at radius 1 is 0.489 bits per heavy atom. The van der Waals surface area contributed by atoms with Crippen LogP contribution in [-0.4, -0.2) is 5.11 Å². The van der Waals surface area contributed by atoms with Gasteiger partial charge in [0.2, 0.25) is 11.4 Å². The molecule has 3 heterocycles. The van der Waals surface area contributed by atoms with Crippen molar-refractivity contribution >= 4 is 0 Å². The number of hydrogen-bond acceptors (Lipinski definition) is 15. The number of rotatable bonds is 3. The maximum atomic E-state index is 10.5. The standard InChI is InChI=1S/C29HN17O/c1-38-17(11-37)26(47)16(10-36)28-43-21-20-22(42-27(41-20)15(9-35)18(39-2)13(6-32)7-33)24-25(23(21)44-28)46-29(45-24)19(40-3)14(8-34)12(4-30)5-31/h47H/b26-17-,27-15+,28-16-,29-19-. The molecule has 0 atom stereocenters. The van der Waals surface area contributed by atoms with E-state index in [4.69, 9.17) is 19.7 Å². The lowest BCUT2D eigenvalue weighted by Gasteiger charge is -1.98. The van der Waals surface area contributed by atoms with Crippen LogP contribution in [0.2, 0.25) is 0 Å². The summed E-state index contributed by atoms with van der Waals surface area (Å²) in [5, 5.41) is 84.9. The molecule has 3 aliphatic rings. The van der Waals surface area contributed by atoms with Crippen LogP contribution in [0.4, 0.5) is 0 Å². The van der Waals surface area contributed by atoms with Crippen molar-refractivity contribution in [3.8, 4) is 48.6 Å². The molecule has 0 fully saturated rings. The van der Waals surface area contributed by atoms with E-state index in [1.165, 1.54) is 30.3 Å². The Balaban J connectivity index is 2.35. The summed E-state index contributed by atoms with van der Waals surface area (Å²) in [6.07, 6.45) is 0. The van der Waals surface area contributed by atoms with Gasteiger partial charge in [-0.2, -0.15) is 36.8 Å². The van der Waals surface area contributed by atoms with E-state index in [1.807, 2.05) is 0 Å². The molecule has 0 amide bonds. The third kappa shape index (κ3) is 4.71. The summed E-state index contributed by atoms with van der Waals surface area (Å²) >= 11 is 0. The molecule has 18 heteroatoms. The van der Waals surface area contributed by atoms with E-state index in [0.29, 0.717) is 0 Å². The minimum Gasteiger partial charge on any atom is -0.517 e. The van der Waals surface area contributed by atoms with Crippen LogP contribution >= 0.6 is 0 Å². The van der Waals surface area contributed by atoms with E-state index >= 15 is 0 Å². The molecule has 0 saturated carbocycles. The molecule has 0 aliphatic carbocycles. The molecule has 0 unspecified atom stereocenters. The highest BCUT2D eigenvalue weighted by atomic mass is 16.3. The minimum atomic E-state index is -1.04. The molecule has 1 aromatic rings. The van der Waals surface area contributed by atoms with Crippen LogP contribution in [0.1, 0.15) is 0 Å². The smallest absolute Gasteiger partial charge is 0.304 e. The summed E-state index contributed by atoms with van der Waals surface area (Å²) in [6, 6.07) is 12.4. The number of allylic oxidation sites excluding steroid dienone is 6. The number of nitriles is 8. The molecular weight excluding hydrogens is 602 g/mol. The molecule has 0 aromatic heterocycles. The molecule has 1 aromatic carbocycles. The van der Waals surface area contributed by atoms with Crippen LogP contribution in [0, 0.1) is 110 Å². The summed E-state index contributed by atoms with van der Waals surface area (Å²) in [5.74, 6) is -2.52. The van der Waals surface area contributed by atoms with Crippen molar-refractivity contribution in [3.63, 3.8) is 0 Å². The molecule has 208 valence electrons. The molecule has 4 rings (SSSR count). The highest BCUT2D eigenvalue weighted by Crippen LogP contribution is 2.23. The van der Waals surface area contributed by atoms with Gasteiger partial charge < -0.3 is 5.11 Å². The van der Waals surface area contributed by atoms with E-state index in [0.717, 1.165) is 0 Å². The van der Waals surface area contributed by atoms with Gasteiger partial charge in [0, 0.05) is 0 Å². The maximum Gasteiger partial charge on any atom is 0.304 e. The molecule has 0 radical (unpaired) electrons. The Morgan fingerprint density at radius 3 is 1.23 bits per heavy atom. The monoisotopic (exact) mass is 603 g/mol. The molecule has 47 heavy (non-hydrogen) atoms. The van der Waals surface area contributed by atoms with Gasteiger partial charge in [-0.25, -0.2) is 49.8 Å². The van der Waals surface area contributed by atoms with Gasteiger partial charge in [-0.05, 0) is 0 Å². The van der Waals surface area contributed by atoms with Crippen LogP contribution in [-0.2, 0) is 0 Å². The summed E-state index contributed by atoms with van der Waals surface area (Å²) in [7, 11) is 0. The first kappa shape index (κ1) is 30.6. The zero-order valence-electron chi connectivity index (χ0n) is 22.5. The lowest BCUT2D eigenvalue weighted by molar-refractivity contribution is 0.423. The number of fused-ring (bicyclic) bond motifs is 6. The molecule has 3 aliphatic heterocycles. The number of nitrogens with zero attached hydrogens (tertiary/aromatic N) is 17. The predicted octanol–water partition coefficient (Wildman–Crippen LogP) is -0.696. The van der Waals surface area contributed by atoms with Gasteiger partial charge in [0.15, 0.2) is 23.2 Å². The first-order valence-electron chi connectivity index (χ1n) is 11.8. The van der Waals surface area contributed by atoms with Gasteiger partial charge >= 0.3 is 5.70 Å². The second-order valence-corrected chi connectivity index (χ2v) is 8.23. The second kappa shape index (κ2) is 12.3. The van der Waals surface area contributed by atoms with E-state index in [9.17, 15) is 47.2 Å². The van der Waals surface area contributed by atoms with E-state index < -0.39 is 68.2 Å². The third-order valence-electron chi connectivity index (χ3n) is 5.96. The average molecular weight is 603 g/mol. The highest BCUT2D eigenvalue weighted by Gasteiger charge is 2.27. The average Bonchev–Trinajstić information content (AvgIpc) is 3.83. The minimum absolute atomic E-state index is 0.190. The summed E-state index contributed by atoms with van der Waals surface area (Å²) in [5.41, 5.74) is -5.52. The lowest BCUT2D eigenvalue weighted by Crippen LogP contribution is -2.63. The number of aliphatic hydroxyl groups excluding tert-OH is 1. The van der Waals surface area contributed by atoms with Crippen molar-refractivity contribution in [2.45, 2.75) is 0 Å². The highest BCUT2D eigenvalue weighted by molar-refractivity contribution is 5.60. The summed E-state index contributed by atoms with van der Waals surface area (Å²) < 4.78 is 0. The Kier molecular flexibility index (Phi) is 7.98. The third-order valence-corrected chi connectivity index (χ3v) is 5.96. The molecule has 18 nitrogen and oxygen atoms in total. The van der Waals surface area contributed by atoms with Crippen molar-refractivity contribution in [2.24, 2.45) is 30.0 Å². The van der Waals surface area contributed by atoms with Crippen molar-refractivity contribution < 1.29 is 5.11 Å². The first-order valence-corrected chi connectivity index (χ1v) is 11.8. The summed E-state index contributed by atoms with van der Waals surface area (Å²) in [4.78, 5) is 34.6. The Bertz CT molecular complexity index is 2690. The quantitative estimate of drug-likeness (QED) is 0.259. The van der Waals surface area contributed by atoms with Gasteiger partial charge in [0.1, 0.15) is 72.6 Å². The number of benzene rings is 1. The number of hydrogen-bond donors (Lipinski definition) is 1. The van der Waals surface area contributed by atoms with Crippen LogP contribution in [0.25, 0.3) is 14.5 Å². The molecule has 1 N–H and O–H groups in total. The van der Waals surface area contributed by atoms with Gasteiger partial charge in [-0.15, -0.1) is 0 Å². The van der Waals surface area contributed by atoms with Crippen LogP contribution in [0.3, 0.4) is 0 Å². The van der Waals surface area contributed by atoms with Gasteiger partial charge in [0.05, 0.1) is 55.6 Å². The van der Waals surface area contributed by atoms with E-state index in [1.54, 1.807) is 18.2 Å². The Hall–Kier alpha value is -9.35. The van der Waals surface area contributed by atoms with Crippen molar-refractivity contribution in [2.75, 3.05) is 0 Å². The van der Waals surface area contributed by atoms with Crippen molar-refractivity contribution in [1.82, 2.24) is 0 Å². The van der Waals surface area contributed by atoms with E-state index in [-0.39, 0.29) is 32.1 Å². The largest absolute Gasteiger partial charge is 0.517 e. The fourth-order valence-corrected chi connectivity index (χ4v) is 3.96. The fraction of sp³-hybridized carbons (Fsp3) is 0. The van der Waals surface area contributed by atoms with Gasteiger partial charge in [-0.1, -0.05) is 0 Å². The van der Waals surface area contributed by atoms with Crippen LogP contribution in [0.15, 0.2) is 98.1 Å². The zero-order valence-corrected chi connectivity index (χ0v) is 22.5. The van der Waals surface area contributed by atoms with Crippen molar-refractivity contribution in [3.05, 3.63) is 135 Å². The topological polar surface area (TPSA) is 298 Å².